The third kappa shape index (κ3) is 5.95. The minimum absolute atomic E-state index is 0. The number of aliphatic carboxylic acids is 1. The molecular weight excluding hydrogens is 569 g/mol. The summed E-state index contributed by atoms with van der Waals surface area (Å²) in [5, 5.41) is 9.35. The average Bonchev–Trinajstić information content (AvgIpc) is 3.71. The van der Waals surface area contributed by atoms with Crippen LogP contribution in [0.1, 0.15) is 69.2 Å². The van der Waals surface area contributed by atoms with Crippen LogP contribution in [0.5, 0.6) is 0 Å². The molecule has 0 fully saturated rings. The van der Waals surface area contributed by atoms with Crippen LogP contribution in [0, 0.1) is 21.3 Å². The van der Waals surface area contributed by atoms with E-state index in [4.69, 9.17) is 14.8 Å². The van der Waals surface area contributed by atoms with Crippen molar-refractivity contribution in [1.29, 1.82) is 0 Å². The standard InChI is InChI=1S/C31H26N4O3.C2H4O2.CH3.Mg/c1-6-19-15(3)23-13-24-16(4)20(7-8-28(37)38)30(34-24)21-11-27(36)29-17(5)25(35-31(21)29)12-22-14(2)9-18(32-22)10-26(19)33-23;1-4-2-3;;/h6-10,12-13H,1,11H2,2-5H3,(H3,32,33,34,35,36,37,38);2H,1H3;1H3;/q;;-1;+2/b8-7+,18-10?,22-12?,23-13?,24-13?,25-12?,26-10?,30-21?;;;. The minimum Gasteiger partial charge on any atom is -0.657 e. The molecule has 5 heterocycles. The fourth-order valence-electron chi connectivity index (χ4n) is 5.54. The van der Waals surface area contributed by atoms with Gasteiger partial charge in [0.1, 0.15) is 0 Å². The second-order valence-electron chi connectivity index (χ2n) is 10.3. The number of carbonyl (C=O) groups excluding carboxylic acids is 2. The number of carboxylic acids is 1. The zero-order chi connectivity index (χ0) is 30.3. The first-order chi connectivity index (χ1) is 20.1. The number of allylic oxidation sites excluding steroid dienone is 4. The number of nitrogens with one attached hydrogen (secondary N) is 2. The van der Waals surface area contributed by atoms with Crippen LogP contribution < -0.4 is 19.9 Å². The molecule has 44 heavy (non-hydrogen) atoms. The smallest absolute Gasteiger partial charge is 0.657 e. The van der Waals surface area contributed by atoms with Crippen LogP contribution >= 0.6 is 0 Å². The summed E-state index contributed by atoms with van der Waals surface area (Å²) in [7, 11) is 1.31. The number of nitrogens with zero attached hydrogens (tertiary/aromatic N) is 2. The van der Waals surface area contributed by atoms with E-state index >= 15 is 0 Å². The first-order valence-corrected chi connectivity index (χ1v) is 13.3. The molecule has 3 aliphatic rings. The van der Waals surface area contributed by atoms with Crippen molar-refractivity contribution in [3.8, 4) is 0 Å². The van der Waals surface area contributed by atoms with Gasteiger partial charge in [-0.2, -0.15) is 0 Å². The summed E-state index contributed by atoms with van der Waals surface area (Å²) in [5.41, 5.74) is 13.1. The Bertz CT molecular complexity index is 1970. The van der Waals surface area contributed by atoms with Gasteiger partial charge < -0.3 is 27.2 Å². The molecule has 0 spiro atoms. The number of Topliss-reactive ketones (excluding diaryl/α,β-unsaturated/α-hetero) is 1. The van der Waals surface area contributed by atoms with Gasteiger partial charge in [0.25, 0.3) is 6.47 Å². The van der Waals surface area contributed by atoms with E-state index in [-0.39, 0.29) is 42.7 Å². The van der Waals surface area contributed by atoms with Gasteiger partial charge in [0.15, 0.2) is 5.78 Å². The second kappa shape index (κ2) is 13.4. The Morgan fingerprint density at radius 1 is 1.02 bits per heavy atom. The van der Waals surface area contributed by atoms with Crippen LogP contribution in [0.4, 0.5) is 0 Å². The van der Waals surface area contributed by atoms with Gasteiger partial charge in [0, 0.05) is 40.8 Å². The normalized spacial score (nSPS) is 13.0. The molecule has 1 aliphatic carbocycles. The van der Waals surface area contributed by atoms with Crippen molar-refractivity contribution < 1.29 is 34.2 Å². The Kier molecular flexibility index (Phi) is 10.3. The molecule has 8 bridgehead atoms. The Labute approximate surface area is 271 Å². The molecule has 10 heteroatoms. The van der Waals surface area contributed by atoms with Gasteiger partial charge in [-0.25, -0.2) is 14.8 Å². The Morgan fingerprint density at radius 3 is 2.32 bits per heavy atom. The maximum atomic E-state index is 13.2. The molecule has 0 amide bonds. The molecule has 0 saturated heterocycles. The molecule has 0 unspecified atom stereocenters. The van der Waals surface area contributed by atoms with Crippen LogP contribution in [-0.4, -0.2) is 53.5 Å². The predicted octanol–water partition coefficient (Wildman–Crippen LogP) is 4.40. The van der Waals surface area contributed by atoms with Gasteiger partial charge in [0.05, 0.1) is 12.7 Å². The van der Waals surface area contributed by atoms with E-state index in [1.165, 1.54) is 7.11 Å². The Morgan fingerprint density at radius 2 is 1.68 bits per heavy atom. The third-order valence-corrected chi connectivity index (χ3v) is 7.70. The average molecular weight is 602 g/mol. The van der Waals surface area contributed by atoms with E-state index in [1.807, 2.05) is 52.0 Å². The number of rotatable bonds is 4. The molecule has 9 nitrogen and oxygen atoms in total. The van der Waals surface area contributed by atoms with Gasteiger partial charge in [-0.05, 0) is 57.5 Å². The minimum atomic E-state index is -1.04. The molecule has 0 saturated carbocycles. The summed E-state index contributed by atoms with van der Waals surface area (Å²) in [5.74, 6) is -1.03. The number of aromatic amines is 2. The number of aromatic nitrogens is 4. The topological polar surface area (TPSA) is 137 Å². The summed E-state index contributed by atoms with van der Waals surface area (Å²) >= 11 is 0. The molecule has 0 radical (unpaired) electrons. The number of ketones is 1. The first kappa shape index (κ1) is 34.0. The van der Waals surface area contributed by atoms with Crippen molar-refractivity contribution in [3.63, 3.8) is 0 Å². The van der Waals surface area contributed by atoms with Gasteiger partial charge in [-0.3, -0.25) is 9.59 Å². The number of fused-ring (bicyclic) bond motifs is 8. The van der Waals surface area contributed by atoms with Crippen molar-refractivity contribution in [3.05, 3.63) is 94.9 Å². The maximum Gasteiger partial charge on any atom is 2.00 e. The van der Waals surface area contributed by atoms with Gasteiger partial charge in [0.2, 0.25) is 22.8 Å². The second-order valence-corrected chi connectivity index (χ2v) is 10.3. The number of carboxylic acid groups (broad SMARTS) is 1. The summed E-state index contributed by atoms with van der Waals surface area (Å²) in [6.07, 6.45) is 6.78. The van der Waals surface area contributed by atoms with Crippen molar-refractivity contribution in [2.24, 2.45) is 0 Å². The molecule has 0 aromatic carbocycles. The number of aryl methyl sites for hydroxylation is 2. The van der Waals surface area contributed by atoms with E-state index in [0.29, 0.717) is 28.8 Å². The van der Waals surface area contributed by atoms with Crippen LogP contribution in [0.15, 0.2) is 36.9 Å². The Balaban J connectivity index is 0.000000833. The summed E-state index contributed by atoms with van der Waals surface area (Å²) < 4.78 is 3.86. The Hall–Kier alpha value is -4.54. The first-order valence-electron chi connectivity index (χ1n) is 13.3. The zero-order valence-corrected chi connectivity index (χ0v) is 27.1. The van der Waals surface area contributed by atoms with Gasteiger partial charge in [-0.1, -0.05) is 23.8 Å². The molecule has 0 atom stereocenters. The zero-order valence-electron chi connectivity index (χ0n) is 25.7. The number of hydrogen-bond donors (Lipinski definition) is 1. The van der Waals surface area contributed by atoms with Crippen LogP contribution in [0.3, 0.4) is 0 Å². The number of hydrogen-bond acceptors (Lipinski definition) is 4. The number of ether oxygens (including phenoxy) is 1. The quantitative estimate of drug-likeness (QED) is 0.202. The fourth-order valence-corrected chi connectivity index (χ4v) is 5.54. The van der Waals surface area contributed by atoms with E-state index in [9.17, 15) is 14.7 Å². The van der Waals surface area contributed by atoms with Crippen molar-refractivity contribution >= 4 is 92.2 Å². The molecule has 220 valence electrons. The summed E-state index contributed by atoms with van der Waals surface area (Å²) in [6.45, 7) is 12.3. The van der Waals surface area contributed by atoms with Gasteiger partial charge in [-0.15, -0.1) is 22.1 Å². The van der Waals surface area contributed by atoms with E-state index < -0.39 is 5.97 Å². The molecule has 3 aromatic heterocycles. The SMILES string of the molecule is C=Cc1c(C)c2cc3[nH+]c(c4c5[n-]c(cc6[nH+]c(cc1[n-]2)C=C6C)c(C)c5C(=O)C4)C(/C=C/C(=O)O)=C3C.COC=O.[CH3-].[Mg+2]. The predicted molar refractivity (Wildman–Crippen MR) is 172 cm³/mol. The monoisotopic (exact) mass is 601 g/mol. The van der Waals surface area contributed by atoms with Crippen LogP contribution in [0.25, 0.3) is 50.9 Å². The largest absolute Gasteiger partial charge is 2.00 e. The van der Waals surface area contributed by atoms with Crippen LogP contribution in [0.2, 0.25) is 0 Å². The third-order valence-electron chi connectivity index (χ3n) is 7.70. The van der Waals surface area contributed by atoms with Crippen molar-refractivity contribution in [2.75, 3.05) is 7.11 Å². The fraction of sp³-hybridized carbons (Fsp3) is 0.176. The van der Waals surface area contributed by atoms with Crippen molar-refractivity contribution in [2.45, 2.75) is 34.1 Å². The van der Waals surface area contributed by atoms with Gasteiger partial charge >= 0.3 is 29.0 Å². The van der Waals surface area contributed by atoms with E-state index in [2.05, 4.69) is 27.4 Å². The molecular formula is C34H33MgN4O5+. The maximum absolute atomic E-state index is 13.2. The molecule has 6 rings (SSSR count). The van der Waals surface area contributed by atoms with Crippen LogP contribution in [-0.2, 0) is 20.7 Å². The number of H-pyrrole nitrogens is 2. The molecule has 3 aromatic rings. The number of methoxy groups -OCH3 is 1. The number of carbonyl (C=O) groups is 3. The summed E-state index contributed by atoms with van der Waals surface area (Å²) in [4.78, 5) is 50.4. The molecule has 3 N–H and O–H groups in total. The summed E-state index contributed by atoms with van der Waals surface area (Å²) in [6, 6.07) is 5.95. The molecule has 2 aliphatic heterocycles. The van der Waals surface area contributed by atoms with E-state index in [0.717, 1.165) is 73.1 Å². The van der Waals surface area contributed by atoms with Crippen molar-refractivity contribution in [1.82, 2.24) is 9.97 Å². The van der Waals surface area contributed by atoms with E-state index in [1.54, 1.807) is 6.08 Å².